The van der Waals surface area contributed by atoms with Crippen LogP contribution in [-0.4, -0.2) is 54.5 Å². The van der Waals surface area contributed by atoms with Gasteiger partial charge in [0.1, 0.15) is 5.75 Å². The third-order valence-electron chi connectivity index (χ3n) is 6.26. The Bertz CT molecular complexity index is 1060. The van der Waals surface area contributed by atoms with Gasteiger partial charge in [-0.3, -0.25) is 9.69 Å². The largest absolute Gasteiger partial charge is 0.484 e. The number of para-hydroxylation sites is 1. The molecule has 0 unspecified atom stereocenters. The zero-order valence-electron chi connectivity index (χ0n) is 20.4. The lowest BCUT2D eigenvalue weighted by Crippen LogP contribution is -2.53. The number of ether oxygens (including phenoxy) is 1. The molecule has 178 valence electrons. The predicted octanol–water partition coefficient (Wildman–Crippen LogP) is 4.57. The van der Waals surface area contributed by atoms with Crippen molar-refractivity contribution in [3.05, 3.63) is 90.0 Å². The van der Waals surface area contributed by atoms with Gasteiger partial charge >= 0.3 is 0 Å². The molecule has 1 fully saturated rings. The van der Waals surface area contributed by atoms with Crippen molar-refractivity contribution in [3.63, 3.8) is 0 Å². The third kappa shape index (κ3) is 6.46. The van der Waals surface area contributed by atoms with E-state index in [0.29, 0.717) is 24.4 Å². The van der Waals surface area contributed by atoms with Crippen LogP contribution in [0, 0.1) is 0 Å². The maximum Gasteiger partial charge on any atom is 0.260 e. The van der Waals surface area contributed by atoms with Crippen molar-refractivity contribution in [1.82, 2.24) is 15.1 Å². The number of amides is 1. The van der Waals surface area contributed by atoms with Crippen LogP contribution >= 0.6 is 0 Å². The molecule has 0 aliphatic carbocycles. The molecule has 0 spiro atoms. The first-order valence-corrected chi connectivity index (χ1v) is 12.1. The maximum atomic E-state index is 12.6. The summed E-state index contributed by atoms with van der Waals surface area (Å²) in [6.07, 6.45) is 0. The highest BCUT2D eigenvalue weighted by Gasteiger charge is 2.20. The zero-order valence-corrected chi connectivity index (χ0v) is 20.4. The molecule has 1 amide bonds. The fraction of sp³-hybridized carbons (Fsp3) is 0.345. The molecule has 2 atom stereocenters. The highest BCUT2D eigenvalue weighted by Crippen LogP contribution is 2.25. The fourth-order valence-corrected chi connectivity index (χ4v) is 4.67. The summed E-state index contributed by atoms with van der Waals surface area (Å²) in [7, 11) is 1.83. The van der Waals surface area contributed by atoms with Gasteiger partial charge in [0.2, 0.25) is 0 Å². The highest BCUT2D eigenvalue weighted by atomic mass is 16.5. The van der Waals surface area contributed by atoms with Gasteiger partial charge < -0.3 is 15.0 Å². The summed E-state index contributed by atoms with van der Waals surface area (Å²) in [6.45, 7) is 8.17. The first kappa shape index (κ1) is 24.0. The van der Waals surface area contributed by atoms with Crippen LogP contribution < -0.4 is 10.1 Å². The molecule has 1 N–H and O–H groups in total. The second-order valence-electron chi connectivity index (χ2n) is 9.37. The van der Waals surface area contributed by atoms with Gasteiger partial charge in [0.25, 0.3) is 5.91 Å². The number of likely N-dealkylation sites (N-methyl/N-ethyl adjacent to an activating group) is 1. The van der Waals surface area contributed by atoms with Gasteiger partial charge in [-0.05, 0) is 48.2 Å². The molecular formula is C29H35N3O2. The van der Waals surface area contributed by atoms with Gasteiger partial charge in [0, 0.05) is 45.3 Å². The van der Waals surface area contributed by atoms with E-state index in [2.05, 4.69) is 66.5 Å². The van der Waals surface area contributed by atoms with E-state index in [9.17, 15) is 4.79 Å². The average Bonchev–Trinajstić information content (AvgIpc) is 2.83. The Morgan fingerprint density at radius 3 is 2.29 bits per heavy atom. The lowest BCUT2D eigenvalue weighted by atomic mass is 9.98. The number of carbonyl (C=O) groups excluding carboxylic acids is 1. The third-order valence-corrected chi connectivity index (χ3v) is 6.26. The molecule has 0 saturated carbocycles. The predicted molar refractivity (Wildman–Crippen MR) is 138 cm³/mol. The van der Waals surface area contributed by atoms with E-state index in [4.69, 9.17) is 4.74 Å². The molecule has 5 nitrogen and oxygen atoms in total. The zero-order chi connectivity index (χ0) is 23.9. The van der Waals surface area contributed by atoms with Crippen LogP contribution in [0.2, 0.25) is 0 Å². The van der Waals surface area contributed by atoms with Crippen LogP contribution in [0.15, 0.2) is 78.9 Å². The molecule has 1 heterocycles. The molecule has 0 radical (unpaired) electrons. The Labute approximate surface area is 203 Å². The highest BCUT2D eigenvalue weighted by molar-refractivity contribution is 5.78. The number of hydrogen-bond acceptors (Lipinski definition) is 4. The summed E-state index contributed by atoms with van der Waals surface area (Å²) in [5, 5.41) is 3.59. The Morgan fingerprint density at radius 2 is 1.59 bits per heavy atom. The molecule has 3 aromatic carbocycles. The first-order valence-electron chi connectivity index (χ1n) is 12.1. The SMILES string of the molecule is C[C@@H]1CN(Cc2ccc(-c3ccccc3CN(C)C(=O)COc3ccccc3)cc2)C[C@H](C)N1. The molecule has 1 saturated heterocycles. The second-order valence-corrected chi connectivity index (χ2v) is 9.37. The van der Waals surface area contributed by atoms with E-state index in [1.807, 2.05) is 43.4 Å². The molecule has 4 rings (SSSR count). The lowest BCUT2D eigenvalue weighted by Gasteiger charge is -2.36. The Kier molecular flexibility index (Phi) is 7.99. The minimum Gasteiger partial charge on any atom is -0.484 e. The van der Waals surface area contributed by atoms with Crippen molar-refractivity contribution in [2.75, 3.05) is 26.7 Å². The van der Waals surface area contributed by atoms with Crippen molar-refractivity contribution in [1.29, 1.82) is 0 Å². The van der Waals surface area contributed by atoms with Crippen LogP contribution in [0.1, 0.15) is 25.0 Å². The summed E-state index contributed by atoms with van der Waals surface area (Å²) in [5.74, 6) is 0.656. The fourth-order valence-electron chi connectivity index (χ4n) is 4.67. The molecular weight excluding hydrogens is 422 g/mol. The molecule has 1 aliphatic rings. The van der Waals surface area contributed by atoms with Crippen molar-refractivity contribution in [2.45, 2.75) is 39.0 Å². The summed E-state index contributed by atoms with van der Waals surface area (Å²) in [5.41, 5.74) is 4.77. The minimum atomic E-state index is -0.0477. The number of hydrogen-bond donors (Lipinski definition) is 1. The summed E-state index contributed by atoms with van der Waals surface area (Å²) < 4.78 is 5.63. The standard InChI is InChI=1S/C29H35N3O2/c1-22-17-32(18-23(2)30-22)19-24-13-15-25(16-14-24)28-12-8-7-9-26(28)20-31(3)29(33)21-34-27-10-5-4-6-11-27/h4-16,22-23,30H,17-21H2,1-3H3/t22-,23+. The molecule has 3 aromatic rings. The van der Waals surface area contributed by atoms with Crippen LogP contribution in [0.4, 0.5) is 0 Å². The maximum absolute atomic E-state index is 12.6. The lowest BCUT2D eigenvalue weighted by molar-refractivity contribution is -0.132. The van der Waals surface area contributed by atoms with E-state index in [1.54, 1.807) is 4.90 Å². The monoisotopic (exact) mass is 457 g/mol. The topological polar surface area (TPSA) is 44.8 Å². The van der Waals surface area contributed by atoms with Crippen molar-refractivity contribution in [2.24, 2.45) is 0 Å². The van der Waals surface area contributed by atoms with Gasteiger partial charge in [0.05, 0.1) is 0 Å². The molecule has 0 bridgehead atoms. The Balaban J connectivity index is 1.39. The Morgan fingerprint density at radius 1 is 0.941 bits per heavy atom. The van der Waals surface area contributed by atoms with E-state index < -0.39 is 0 Å². The van der Waals surface area contributed by atoms with Crippen LogP contribution in [-0.2, 0) is 17.9 Å². The number of rotatable bonds is 8. The molecule has 34 heavy (non-hydrogen) atoms. The average molecular weight is 458 g/mol. The minimum absolute atomic E-state index is 0.0284. The van der Waals surface area contributed by atoms with Crippen LogP contribution in [0.5, 0.6) is 5.75 Å². The normalized spacial score (nSPS) is 18.4. The van der Waals surface area contributed by atoms with Gasteiger partial charge in [0.15, 0.2) is 6.61 Å². The van der Waals surface area contributed by atoms with Crippen LogP contribution in [0.3, 0.4) is 0 Å². The van der Waals surface area contributed by atoms with Crippen molar-refractivity contribution >= 4 is 5.91 Å². The summed E-state index contributed by atoms with van der Waals surface area (Å²) in [6, 6.07) is 27.6. The van der Waals surface area contributed by atoms with Crippen molar-refractivity contribution in [3.8, 4) is 16.9 Å². The van der Waals surface area contributed by atoms with Crippen LogP contribution in [0.25, 0.3) is 11.1 Å². The molecule has 1 aliphatic heterocycles. The number of nitrogens with one attached hydrogen (secondary N) is 1. The molecule has 0 aromatic heterocycles. The second kappa shape index (κ2) is 11.3. The van der Waals surface area contributed by atoms with Gasteiger partial charge in [-0.15, -0.1) is 0 Å². The summed E-state index contributed by atoms with van der Waals surface area (Å²) >= 11 is 0. The quantitative estimate of drug-likeness (QED) is 0.538. The Hall–Kier alpha value is -3.15. The van der Waals surface area contributed by atoms with E-state index in [0.717, 1.165) is 30.8 Å². The van der Waals surface area contributed by atoms with E-state index in [1.165, 1.54) is 11.1 Å². The first-order chi connectivity index (χ1) is 16.5. The van der Waals surface area contributed by atoms with Gasteiger partial charge in [-0.25, -0.2) is 0 Å². The molecule has 5 heteroatoms. The number of carbonyl (C=O) groups is 1. The van der Waals surface area contributed by atoms with E-state index >= 15 is 0 Å². The number of nitrogens with zero attached hydrogens (tertiary/aromatic N) is 2. The number of piperazine rings is 1. The van der Waals surface area contributed by atoms with Gasteiger partial charge in [-0.1, -0.05) is 66.7 Å². The van der Waals surface area contributed by atoms with Crippen molar-refractivity contribution < 1.29 is 9.53 Å². The van der Waals surface area contributed by atoms with E-state index in [-0.39, 0.29) is 12.5 Å². The smallest absolute Gasteiger partial charge is 0.260 e. The van der Waals surface area contributed by atoms with Gasteiger partial charge in [-0.2, -0.15) is 0 Å². The number of benzene rings is 3. The summed E-state index contributed by atoms with van der Waals surface area (Å²) in [4.78, 5) is 16.9.